The molecule has 0 amide bonds. The van der Waals surface area contributed by atoms with E-state index in [1.165, 1.54) is 0 Å². The molecule has 1 aromatic heterocycles. The number of unbranched alkanes of at least 4 members (excludes halogenated alkanes) is 1. The molecular formula is C27H32N2O5. The number of ether oxygens (including phenoxy) is 2. The van der Waals surface area contributed by atoms with Gasteiger partial charge in [-0.1, -0.05) is 55.8 Å². The Labute approximate surface area is 200 Å². The highest BCUT2D eigenvalue weighted by Gasteiger charge is 2.23. The fraction of sp³-hybridized carbons (Fsp3) is 0.370. The van der Waals surface area contributed by atoms with Gasteiger partial charge in [-0.3, -0.25) is 0 Å². The summed E-state index contributed by atoms with van der Waals surface area (Å²) in [6, 6.07) is 15.2. The molecule has 0 aliphatic carbocycles. The van der Waals surface area contributed by atoms with Crippen LogP contribution >= 0.6 is 0 Å². The van der Waals surface area contributed by atoms with Crippen molar-refractivity contribution in [2.24, 2.45) is 0 Å². The molecule has 7 heteroatoms. The molecule has 0 radical (unpaired) electrons. The van der Waals surface area contributed by atoms with Gasteiger partial charge in [0.1, 0.15) is 5.82 Å². The molecule has 0 bridgehead atoms. The highest BCUT2D eigenvalue weighted by Crippen LogP contribution is 2.26. The van der Waals surface area contributed by atoms with Gasteiger partial charge in [0.25, 0.3) is 0 Å². The van der Waals surface area contributed by atoms with Gasteiger partial charge in [-0.25, -0.2) is 14.6 Å². The minimum atomic E-state index is -0.484. The minimum Gasteiger partial charge on any atom is -0.462 e. The SMILES string of the molecule is CCCCc1nc(CO)c(C(=O)OCC)n1Cc1ccc(-c2ccccc2C(=O)OCC)cc1. The van der Waals surface area contributed by atoms with Gasteiger partial charge >= 0.3 is 11.9 Å². The first-order chi connectivity index (χ1) is 16.5. The number of nitrogens with zero attached hydrogens (tertiary/aromatic N) is 2. The van der Waals surface area contributed by atoms with Crippen molar-refractivity contribution in [3.8, 4) is 11.1 Å². The average Bonchev–Trinajstić information content (AvgIpc) is 3.20. The first-order valence-electron chi connectivity index (χ1n) is 11.8. The van der Waals surface area contributed by atoms with Crippen molar-refractivity contribution in [2.75, 3.05) is 13.2 Å². The number of esters is 2. The summed E-state index contributed by atoms with van der Waals surface area (Å²) >= 11 is 0. The largest absolute Gasteiger partial charge is 0.462 e. The van der Waals surface area contributed by atoms with Crippen molar-refractivity contribution in [3.63, 3.8) is 0 Å². The quantitative estimate of drug-likeness (QED) is 0.411. The van der Waals surface area contributed by atoms with E-state index in [2.05, 4.69) is 11.9 Å². The number of aliphatic hydroxyl groups is 1. The molecule has 7 nitrogen and oxygen atoms in total. The van der Waals surface area contributed by atoms with Crippen molar-refractivity contribution in [3.05, 3.63) is 76.9 Å². The molecule has 2 aromatic carbocycles. The number of carbonyl (C=O) groups is 2. The molecule has 0 fully saturated rings. The molecule has 3 aromatic rings. The Balaban J connectivity index is 1.95. The maximum Gasteiger partial charge on any atom is 0.357 e. The van der Waals surface area contributed by atoms with Crippen LogP contribution in [-0.4, -0.2) is 39.8 Å². The van der Waals surface area contributed by atoms with E-state index in [4.69, 9.17) is 9.47 Å². The number of aromatic nitrogens is 2. The van der Waals surface area contributed by atoms with E-state index in [0.717, 1.165) is 35.4 Å². The summed E-state index contributed by atoms with van der Waals surface area (Å²) in [4.78, 5) is 29.6. The van der Waals surface area contributed by atoms with Gasteiger partial charge < -0.3 is 19.1 Å². The highest BCUT2D eigenvalue weighted by atomic mass is 16.5. The van der Waals surface area contributed by atoms with E-state index in [1.807, 2.05) is 47.0 Å². The zero-order chi connectivity index (χ0) is 24.5. The number of carbonyl (C=O) groups excluding carboxylic acids is 2. The number of imidazole rings is 1. The number of benzene rings is 2. The third kappa shape index (κ3) is 5.72. The fourth-order valence-electron chi connectivity index (χ4n) is 3.88. The van der Waals surface area contributed by atoms with Crippen molar-refractivity contribution in [2.45, 2.75) is 53.2 Å². The summed E-state index contributed by atoms with van der Waals surface area (Å²) < 4.78 is 12.3. The second-order valence-corrected chi connectivity index (χ2v) is 7.85. The number of rotatable bonds is 11. The standard InChI is InChI=1S/C27H32N2O5/c1-4-7-12-24-28-23(18-30)25(27(32)34-6-3)29(24)17-19-13-15-20(16-14-19)21-10-8-9-11-22(21)26(31)33-5-2/h8-11,13-16,30H,4-7,12,17-18H2,1-3H3. The van der Waals surface area contributed by atoms with E-state index >= 15 is 0 Å². The van der Waals surface area contributed by atoms with Crippen molar-refractivity contribution in [1.82, 2.24) is 9.55 Å². The Morgan fingerprint density at radius 1 is 0.941 bits per heavy atom. The summed E-state index contributed by atoms with van der Waals surface area (Å²) in [5, 5.41) is 9.81. The molecule has 0 aliphatic rings. The summed E-state index contributed by atoms with van der Waals surface area (Å²) in [6.45, 7) is 6.28. The molecule has 0 unspecified atom stereocenters. The Hall–Kier alpha value is -3.45. The van der Waals surface area contributed by atoms with Crippen LogP contribution in [0.25, 0.3) is 11.1 Å². The van der Waals surface area contributed by atoms with Crippen molar-refractivity contribution >= 4 is 11.9 Å². The Morgan fingerprint density at radius 2 is 1.62 bits per heavy atom. The number of aliphatic hydroxyl groups excluding tert-OH is 1. The van der Waals surface area contributed by atoms with E-state index in [-0.39, 0.29) is 19.2 Å². The molecular weight excluding hydrogens is 432 g/mol. The van der Waals surface area contributed by atoms with E-state index in [9.17, 15) is 14.7 Å². The Morgan fingerprint density at radius 3 is 2.26 bits per heavy atom. The maximum atomic E-state index is 12.7. The van der Waals surface area contributed by atoms with Gasteiger partial charge in [-0.2, -0.15) is 0 Å². The molecule has 0 saturated carbocycles. The molecule has 0 saturated heterocycles. The van der Waals surface area contributed by atoms with Crippen LogP contribution in [0, 0.1) is 0 Å². The lowest BCUT2D eigenvalue weighted by atomic mass is 9.98. The third-order valence-corrected chi connectivity index (χ3v) is 5.52. The van der Waals surface area contributed by atoms with Crippen LogP contribution in [0.2, 0.25) is 0 Å². The topological polar surface area (TPSA) is 90.6 Å². The number of aryl methyl sites for hydroxylation is 1. The van der Waals surface area contributed by atoms with Crippen LogP contribution in [0.3, 0.4) is 0 Å². The predicted molar refractivity (Wildman–Crippen MR) is 130 cm³/mol. The fourth-order valence-corrected chi connectivity index (χ4v) is 3.88. The van der Waals surface area contributed by atoms with Crippen LogP contribution in [0.5, 0.6) is 0 Å². The molecule has 34 heavy (non-hydrogen) atoms. The molecule has 1 heterocycles. The van der Waals surface area contributed by atoms with Gasteiger partial charge in [-0.15, -0.1) is 0 Å². The van der Waals surface area contributed by atoms with Gasteiger partial charge in [0, 0.05) is 13.0 Å². The summed E-state index contributed by atoms with van der Waals surface area (Å²) in [5.74, 6) is -0.0794. The summed E-state index contributed by atoms with van der Waals surface area (Å²) in [6.07, 6.45) is 2.62. The van der Waals surface area contributed by atoms with Crippen LogP contribution in [0.4, 0.5) is 0 Å². The van der Waals surface area contributed by atoms with Crippen LogP contribution in [0.1, 0.15) is 71.5 Å². The van der Waals surface area contributed by atoms with Crippen molar-refractivity contribution in [1.29, 1.82) is 0 Å². The highest BCUT2D eigenvalue weighted by molar-refractivity contribution is 5.97. The zero-order valence-electron chi connectivity index (χ0n) is 20.0. The molecule has 0 aliphatic heterocycles. The maximum absolute atomic E-state index is 12.7. The molecule has 1 N–H and O–H groups in total. The van der Waals surface area contributed by atoms with Crippen LogP contribution in [-0.2, 0) is 29.0 Å². The van der Waals surface area contributed by atoms with Gasteiger partial charge in [0.05, 0.1) is 31.1 Å². The lowest BCUT2D eigenvalue weighted by molar-refractivity contribution is 0.0506. The lowest BCUT2D eigenvalue weighted by Crippen LogP contribution is -2.16. The van der Waals surface area contributed by atoms with E-state index < -0.39 is 5.97 Å². The first kappa shape index (κ1) is 25.2. The predicted octanol–water partition coefficient (Wildman–Crippen LogP) is 4.79. The second kappa shape index (κ2) is 12.1. The van der Waals surface area contributed by atoms with Gasteiger partial charge in [-0.05, 0) is 43.0 Å². The Kier molecular flexibility index (Phi) is 8.99. The molecule has 0 atom stereocenters. The monoisotopic (exact) mass is 464 g/mol. The van der Waals surface area contributed by atoms with E-state index in [0.29, 0.717) is 36.5 Å². The second-order valence-electron chi connectivity index (χ2n) is 7.85. The summed E-state index contributed by atoms with van der Waals surface area (Å²) in [7, 11) is 0. The molecule has 3 rings (SSSR count). The normalized spacial score (nSPS) is 10.8. The minimum absolute atomic E-state index is 0.244. The van der Waals surface area contributed by atoms with Gasteiger partial charge in [0.2, 0.25) is 0 Å². The lowest BCUT2D eigenvalue weighted by Gasteiger charge is -2.13. The molecule has 0 spiro atoms. The summed E-state index contributed by atoms with van der Waals surface area (Å²) in [5.41, 5.74) is 3.81. The molecule has 180 valence electrons. The number of hydrogen-bond acceptors (Lipinski definition) is 6. The zero-order valence-corrected chi connectivity index (χ0v) is 20.0. The smallest absolute Gasteiger partial charge is 0.357 e. The Bertz CT molecular complexity index is 1120. The third-order valence-electron chi connectivity index (χ3n) is 5.52. The van der Waals surface area contributed by atoms with E-state index in [1.54, 1.807) is 19.9 Å². The van der Waals surface area contributed by atoms with Crippen molar-refractivity contribution < 1.29 is 24.2 Å². The first-order valence-corrected chi connectivity index (χ1v) is 11.8. The van der Waals surface area contributed by atoms with Gasteiger partial charge in [0.15, 0.2) is 5.69 Å². The van der Waals surface area contributed by atoms with Crippen LogP contribution in [0.15, 0.2) is 48.5 Å². The average molecular weight is 465 g/mol. The van der Waals surface area contributed by atoms with Crippen LogP contribution < -0.4 is 0 Å². The number of hydrogen-bond donors (Lipinski definition) is 1.